The van der Waals surface area contributed by atoms with Crippen molar-refractivity contribution in [2.24, 2.45) is 0 Å². The Bertz CT molecular complexity index is 523. The second-order valence-corrected chi connectivity index (χ2v) is 2.56. The first-order chi connectivity index (χ1) is 6.20. The highest BCUT2D eigenvalue weighted by molar-refractivity contribution is 5.86. The van der Waals surface area contributed by atoms with Crippen molar-refractivity contribution in [3.8, 4) is 0 Å². The van der Waals surface area contributed by atoms with E-state index in [-0.39, 0.29) is 11.3 Å². The Kier molecular flexibility index (Phi) is 1.45. The molecule has 0 saturated carbocycles. The summed E-state index contributed by atoms with van der Waals surface area (Å²) in [5, 5.41) is 8.72. The van der Waals surface area contributed by atoms with Gasteiger partial charge in [0.25, 0.3) is 5.56 Å². The van der Waals surface area contributed by atoms with Gasteiger partial charge in [0.2, 0.25) is 0 Å². The summed E-state index contributed by atoms with van der Waals surface area (Å²) in [4.78, 5) is 24.6. The lowest BCUT2D eigenvalue weighted by Gasteiger charge is -1.93. The van der Waals surface area contributed by atoms with Crippen LogP contribution in [0, 0.1) is 0 Å². The van der Waals surface area contributed by atoms with Crippen molar-refractivity contribution in [2.75, 3.05) is 0 Å². The summed E-state index contributed by atoms with van der Waals surface area (Å²) in [6, 6.07) is 4.51. The van der Waals surface area contributed by atoms with E-state index in [1.807, 2.05) is 0 Å². The van der Waals surface area contributed by atoms with Crippen LogP contribution < -0.4 is 5.56 Å². The van der Waals surface area contributed by atoms with Crippen molar-refractivity contribution in [3.05, 3.63) is 40.4 Å². The summed E-state index contributed by atoms with van der Waals surface area (Å²) in [6.07, 6.45) is 1.29. The molecule has 2 rings (SSSR count). The number of hydrogen-bond donors (Lipinski definition) is 2. The van der Waals surface area contributed by atoms with Crippen LogP contribution in [0.4, 0.5) is 0 Å². The number of carbonyl (C=O) groups is 1. The molecule has 0 radical (unpaired) electrons. The number of fused-ring (bicyclic) bond motifs is 1. The summed E-state index contributed by atoms with van der Waals surface area (Å²) in [5.41, 5.74) is 0.0710. The summed E-state index contributed by atoms with van der Waals surface area (Å²) >= 11 is 0. The van der Waals surface area contributed by atoms with E-state index >= 15 is 0 Å². The highest BCUT2D eigenvalue weighted by Crippen LogP contribution is 2.01. The number of pyridine rings is 1. The molecule has 2 aromatic rings. The van der Waals surface area contributed by atoms with E-state index in [1.165, 1.54) is 12.3 Å². The average Bonchev–Trinajstić information content (AvgIpc) is 2.49. The summed E-state index contributed by atoms with van der Waals surface area (Å²) < 4.78 is 1.11. The van der Waals surface area contributed by atoms with E-state index in [9.17, 15) is 9.59 Å². The summed E-state index contributed by atoms with van der Waals surface area (Å²) in [7, 11) is 0. The number of aromatic nitrogens is 2. The van der Waals surface area contributed by atoms with E-state index in [2.05, 4.69) is 4.98 Å². The monoisotopic (exact) mass is 178 g/mol. The molecule has 0 aromatic carbocycles. The zero-order valence-electron chi connectivity index (χ0n) is 6.52. The molecule has 0 aliphatic rings. The molecular formula is C8H6N2O3. The van der Waals surface area contributed by atoms with Gasteiger partial charge in [0.1, 0.15) is 5.65 Å². The lowest BCUT2D eigenvalue weighted by Crippen LogP contribution is -2.15. The first-order valence-electron chi connectivity index (χ1n) is 3.62. The molecule has 0 bridgehead atoms. The fraction of sp³-hybridized carbons (Fsp3) is 0. The molecule has 0 fully saturated rings. The highest BCUT2D eigenvalue weighted by atomic mass is 16.4. The Morgan fingerprint density at radius 3 is 2.92 bits per heavy atom. The SMILES string of the molecule is O=C(O)c1c[nH]c2cccc(=O)n12. The van der Waals surface area contributed by atoms with Crippen molar-refractivity contribution in [3.63, 3.8) is 0 Å². The third kappa shape index (κ3) is 1.01. The number of imidazole rings is 1. The molecule has 5 nitrogen and oxygen atoms in total. The summed E-state index contributed by atoms with van der Waals surface area (Å²) in [5.74, 6) is -1.13. The third-order valence-electron chi connectivity index (χ3n) is 1.77. The summed E-state index contributed by atoms with van der Waals surface area (Å²) in [6.45, 7) is 0. The maximum absolute atomic E-state index is 11.2. The van der Waals surface area contributed by atoms with Gasteiger partial charge in [-0.15, -0.1) is 0 Å². The van der Waals surface area contributed by atoms with Crippen LogP contribution in [0.3, 0.4) is 0 Å². The highest BCUT2D eigenvalue weighted by Gasteiger charge is 2.10. The van der Waals surface area contributed by atoms with Crippen molar-refractivity contribution in [1.29, 1.82) is 0 Å². The van der Waals surface area contributed by atoms with Gasteiger partial charge in [-0.25, -0.2) is 4.79 Å². The molecule has 0 atom stereocenters. The molecule has 0 aliphatic carbocycles. The molecule has 0 unspecified atom stereocenters. The second kappa shape index (κ2) is 2.48. The first-order valence-corrected chi connectivity index (χ1v) is 3.62. The number of nitrogens with zero attached hydrogens (tertiary/aromatic N) is 1. The van der Waals surface area contributed by atoms with E-state index in [0.717, 1.165) is 4.40 Å². The zero-order chi connectivity index (χ0) is 9.42. The van der Waals surface area contributed by atoms with Gasteiger partial charge in [0.05, 0.1) is 0 Å². The fourth-order valence-electron chi connectivity index (χ4n) is 1.21. The molecule has 0 saturated heterocycles. The predicted molar refractivity (Wildman–Crippen MR) is 45.0 cm³/mol. The molecule has 5 heteroatoms. The number of carboxylic acid groups (broad SMARTS) is 1. The topological polar surface area (TPSA) is 74.6 Å². The van der Waals surface area contributed by atoms with Crippen molar-refractivity contribution >= 4 is 11.6 Å². The number of aromatic amines is 1. The van der Waals surface area contributed by atoms with Gasteiger partial charge in [-0.3, -0.25) is 9.20 Å². The van der Waals surface area contributed by atoms with E-state index < -0.39 is 5.97 Å². The van der Waals surface area contributed by atoms with Crippen LogP contribution >= 0.6 is 0 Å². The van der Waals surface area contributed by atoms with E-state index in [0.29, 0.717) is 5.65 Å². The molecule has 2 heterocycles. The van der Waals surface area contributed by atoms with Gasteiger partial charge < -0.3 is 10.1 Å². The van der Waals surface area contributed by atoms with Crippen LogP contribution in [0.5, 0.6) is 0 Å². The van der Waals surface area contributed by atoms with Crippen molar-refractivity contribution < 1.29 is 9.90 Å². The van der Waals surface area contributed by atoms with E-state index in [4.69, 9.17) is 5.11 Å². The smallest absolute Gasteiger partial charge is 0.354 e. The lowest BCUT2D eigenvalue weighted by atomic mass is 10.4. The van der Waals surface area contributed by atoms with Gasteiger partial charge in [0, 0.05) is 12.3 Å². The third-order valence-corrected chi connectivity index (χ3v) is 1.77. The molecular weight excluding hydrogens is 172 g/mol. The van der Waals surface area contributed by atoms with Crippen LogP contribution in [-0.4, -0.2) is 20.5 Å². The minimum absolute atomic E-state index is 0.0550. The van der Waals surface area contributed by atoms with Crippen molar-refractivity contribution in [1.82, 2.24) is 9.38 Å². The Labute approximate surface area is 72.3 Å². The Hall–Kier alpha value is -2.04. The number of rotatable bonds is 1. The molecule has 2 N–H and O–H groups in total. The predicted octanol–water partition coefficient (Wildman–Crippen LogP) is 0.326. The molecule has 0 spiro atoms. The molecule has 0 aliphatic heterocycles. The standard InChI is InChI=1S/C8H6N2O3/c11-7-3-1-2-6-9-4-5(8(12)13)10(6)7/h1-4,9H,(H,12,13). The largest absolute Gasteiger partial charge is 0.477 e. The van der Waals surface area contributed by atoms with Crippen LogP contribution in [0.2, 0.25) is 0 Å². The van der Waals surface area contributed by atoms with Gasteiger partial charge in [-0.2, -0.15) is 0 Å². The zero-order valence-corrected chi connectivity index (χ0v) is 6.52. The number of H-pyrrole nitrogens is 1. The fourth-order valence-corrected chi connectivity index (χ4v) is 1.21. The Morgan fingerprint density at radius 2 is 2.23 bits per heavy atom. The molecule has 66 valence electrons. The number of hydrogen-bond acceptors (Lipinski definition) is 2. The lowest BCUT2D eigenvalue weighted by molar-refractivity contribution is 0.0689. The number of nitrogens with one attached hydrogen (secondary N) is 1. The average molecular weight is 178 g/mol. The van der Waals surface area contributed by atoms with Gasteiger partial charge in [-0.1, -0.05) is 6.07 Å². The normalized spacial score (nSPS) is 10.5. The van der Waals surface area contributed by atoms with Crippen LogP contribution in [0.1, 0.15) is 10.5 Å². The van der Waals surface area contributed by atoms with Crippen LogP contribution in [-0.2, 0) is 0 Å². The number of carboxylic acids is 1. The van der Waals surface area contributed by atoms with Gasteiger partial charge >= 0.3 is 5.97 Å². The van der Waals surface area contributed by atoms with Gasteiger partial charge in [-0.05, 0) is 6.07 Å². The van der Waals surface area contributed by atoms with Crippen LogP contribution in [0.25, 0.3) is 5.65 Å². The molecule has 13 heavy (non-hydrogen) atoms. The molecule has 0 amide bonds. The van der Waals surface area contributed by atoms with Gasteiger partial charge in [0.15, 0.2) is 5.69 Å². The number of aromatic carboxylic acids is 1. The first kappa shape index (κ1) is 7.60. The second-order valence-electron chi connectivity index (χ2n) is 2.56. The minimum atomic E-state index is -1.13. The maximum atomic E-state index is 11.2. The Balaban J connectivity index is 2.95. The van der Waals surface area contributed by atoms with E-state index in [1.54, 1.807) is 12.1 Å². The quantitative estimate of drug-likeness (QED) is 0.660. The van der Waals surface area contributed by atoms with Crippen molar-refractivity contribution in [2.45, 2.75) is 0 Å². The maximum Gasteiger partial charge on any atom is 0.354 e. The van der Waals surface area contributed by atoms with Crippen LogP contribution in [0.15, 0.2) is 29.2 Å². The Morgan fingerprint density at radius 1 is 1.46 bits per heavy atom. The molecule has 2 aromatic heterocycles. The minimum Gasteiger partial charge on any atom is -0.477 e.